The van der Waals surface area contributed by atoms with Crippen LogP contribution in [0.25, 0.3) is 10.9 Å². The van der Waals surface area contributed by atoms with Crippen molar-refractivity contribution in [3.63, 3.8) is 0 Å². The molecule has 2 heteroatoms. The predicted molar refractivity (Wildman–Crippen MR) is 63.0 cm³/mol. The van der Waals surface area contributed by atoms with E-state index in [0.29, 0.717) is 0 Å². The van der Waals surface area contributed by atoms with Crippen LogP contribution in [-0.2, 0) is 6.42 Å². The highest BCUT2D eigenvalue weighted by molar-refractivity contribution is 5.81. The molecule has 0 saturated heterocycles. The lowest BCUT2D eigenvalue weighted by molar-refractivity contribution is 0.715. The number of benzene rings is 1. The molecule has 78 valence electrons. The molecule has 2 nitrogen and oxygen atoms in total. The first kappa shape index (κ1) is 8.98. The molecule has 1 aliphatic rings. The Hall–Kier alpha value is -1.28. The van der Waals surface area contributed by atoms with Gasteiger partial charge in [0.05, 0.1) is 0 Å². The number of nitrogens with zero attached hydrogens (tertiary/aromatic N) is 1. The van der Waals surface area contributed by atoms with Gasteiger partial charge in [-0.1, -0.05) is 18.2 Å². The Balaban J connectivity index is 2.19. The number of nitrogens with two attached hydrogens (primary N) is 1. The standard InChI is InChI=1S/C13H16N2/c14-8-7-12-9-10-3-1-2-4-13(10)15(12)11-5-6-11/h1-4,9,11H,5-8,14H2. The summed E-state index contributed by atoms with van der Waals surface area (Å²) in [6.45, 7) is 0.739. The normalized spacial score (nSPS) is 16.1. The fraction of sp³-hybridized carbons (Fsp3) is 0.385. The Morgan fingerprint density at radius 2 is 2.07 bits per heavy atom. The van der Waals surface area contributed by atoms with Crippen molar-refractivity contribution in [1.82, 2.24) is 4.57 Å². The quantitative estimate of drug-likeness (QED) is 0.810. The minimum atomic E-state index is 0.739. The minimum absolute atomic E-state index is 0.739. The summed E-state index contributed by atoms with van der Waals surface area (Å²) in [6, 6.07) is 11.7. The summed E-state index contributed by atoms with van der Waals surface area (Å²) in [5, 5.41) is 1.35. The first-order valence-corrected chi connectivity index (χ1v) is 5.69. The monoisotopic (exact) mass is 200 g/mol. The lowest BCUT2D eigenvalue weighted by atomic mass is 10.2. The van der Waals surface area contributed by atoms with Crippen molar-refractivity contribution in [3.05, 3.63) is 36.0 Å². The van der Waals surface area contributed by atoms with Crippen molar-refractivity contribution in [2.75, 3.05) is 6.54 Å². The summed E-state index contributed by atoms with van der Waals surface area (Å²) in [6.07, 6.45) is 3.65. The minimum Gasteiger partial charge on any atom is -0.341 e. The second kappa shape index (κ2) is 3.38. The van der Waals surface area contributed by atoms with Crippen LogP contribution in [0.2, 0.25) is 0 Å². The van der Waals surface area contributed by atoms with E-state index in [4.69, 9.17) is 5.73 Å². The summed E-state index contributed by atoms with van der Waals surface area (Å²) in [7, 11) is 0. The van der Waals surface area contributed by atoms with Crippen molar-refractivity contribution in [2.45, 2.75) is 25.3 Å². The van der Waals surface area contributed by atoms with Crippen LogP contribution in [0.3, 0.4) is 0 Å². The van der Waals surface area contributed by atoms with Crippen molar-refractivity contribution >= 4 is 10.9 Å². The summed E-state index contributed by atoms with van der Waals surface area (Å²) >= 11 is 0. The van der Waals surface area contributed by atoms with Crippen molar-refractivity contribution in [2.24, 2.45) is 5.73 Å². The van der Waals surface area contributed by atoms with Gasteiger partial charge >= 0.3 is 0 Å². The highest BCUT2D eigenvalue weighted by atomic mass is 15.1. The first-order chi connectivity index (χ1) is 7.40. The van der Waals surface area contributed by atoms with Crippen molar-refractivity contribution in [3.8, 4) is 0 Å². The van der Waals surface area contributed by atoms with Crippen molar-refractivity contribution in [1.29, 1.82) is 0 Å². The van der Waals surface area contributed by atoms with Crippen LogP contribution in [0.5, 0.6) is 0 Å². The molecule has 0 bridgehead atoms. The molecule has 2 aromatic rings. The van der Waals surface area contributed by atoms with Gasteiger partial charge in [-0.15, -0.1) is 0 Å². The molecule has 15 heavy (non-hydrogen) atoms. The van der Waals surface area contributed by atoms with Gasteiger partial charge in [-0.2, -0.15) is 0 Å². The average Bonchev–Trinajstić information content (AvgIpc) is 3.01. The first-order valence-electron chi connectivity index (χ1n) is 5.69. The Labute approximate surface area is 89.7 Å². The average molecular weight is 200 g/mol. The van der Waals surface area contributed by atoms with Gasteiger partial charge in [0.25, 0.3) is 0 Å². The Morgan fingerprint density at radius 1 is 1.27 bits per heavy atom. The highest BCUT2D eigenvalue weighted by Crippen LogP contribution is 2.39. The van der Waals surface area contributed by atoms with Gasteiger partial charge in [0.1, 0.15) is 0 Å². The van der Waals surface area contributed by atoms with Crippen LogP contribution >= 0.6 is 0 Å². The van der Waals surface area contributed by atoms with E-state index in [2.05, 4.69) is 34.9 Å². The summed E-state index contributed by atoms with van der Waals surface area (Å²) in [4.78, 5) is 0. The van der Waals surface area contributed by atoms with E-state index in [0.717, 1.165) is 19.0 Å². The van der Waals surface area contributed by atoms with Gasteiger partial charge in [0.2, 0.25) is 0 Å². The molecule has 1 aromatic carbocycles. The van der Waals surface area contributed by atoms with Gasteiger partial charge in [-0.3, -0.25) is 0 Å². The SMILES string of the molecule is NCCc1cc2ccccc2n1C1CC1. The molecule has 1 fully saturated rings. The van der Waals surface area contributed by atoms with Crippen LogP contribution < -0.4 is 5.73 Å². The molecule has 3 rings (SSSR count). The van der Waals surface area contributed by atoms with Gasteiger partial charge < -0.3 is 10.3 Å². The third-order valence-corrected chi connectivity index (χ3v) is 3.14. The Kier molecular flexibility index (Phi) is 2.03. The topological polar surface area (TPSA) is 30.9 Å². The molecule has 0 unspecified atom stereocenters. The number of rotatable bonds is 3. The van der Waals surface area contributed by atoms with Gasteiger partial charge in [0, 0.05) is 17.3 Å². The maximum Gasteiger partial charge on any atom is 0.0485 e. The zero-order valence-corrected chi connectivity index (χ0v) is 8.82. The van der Waals surface area contributed by atoms with Crippen LogP contribution in [0, 0.1) is 0 Å². The molecule has 1 aromatic heterocycles. The largest absolute Gasteiger partial charge is 0.341 e. The van der Waals surface area contributed by atoms with Gasteiger partial charge in [-0.25, -0.2) is 0 Å². The van der Waals surface area contributed by atoms with E-state index in [1.165, 1.54) is 29.4 Å². The van der Waals surface area contributed by atoms with Crippen LogP contribution in [0.1, 0.15) is 24.6 Å². The highest BCUT2D eigenvalue weighted by Gasteiger charge is 2.26. The van der Waals surface area contributed by atoms with E-state index in [1.54, 1.807) is 0 Å². The maximum absolute atomic E-state index is 5.66. The lowest BCUT2D eigenvalue weighted by Gasteiger charge is -2.08. The number of aromatic nitrogens is 1. The molecule has 1 aliphatic carbocycles. The molecule has 0 atom stereocenters. The van der Waals surface area contributed by atoms with Crippen LogP contribution in [0.15, 0.2) is 30.3 Å². The second-order valence-corrected chi connectivity index (χ2v) is 4.33. The van der Waals surface area contributed by atoms with Crippen LogP contribution in [-0.4, -0.2) is 11.1 Å². The summed E-state index contributed by atoms with van der Waals surface area (Å²) in [5.74, 6) is 0. The number of fused-ring (bicyclic) bond motifs is 1. The number of para-hydroxylation sites is 1. The maximum atomic E-state index is 5.66. The Bertz CT molecular complexity index is 480. The molecule has 1 heterocycles. The lowest BCUT2D eigenvalue weighted by Crippen LogP contribution is -2.07. The fourth-order valence-electron chi connectivity index (χ4n) is 2.34. The smallest absolute Gasteiger partial charge is 0.0485 e. The zero-order valence-electron chi connectivity index (χ0n) is 8.82. The summed E-state index contributed by atoms with van der Waals surface area (Å²) < 4.78 is 2.49. The van der Waals surface area contributed by atoms with Crippen LogP contribution in [0.4, 0.5) is 0 Å². The predicted octanol–water partition coefficient (Wildman–Crippen LogP) is 2.48. The Morgan fingerprint density at radius 3 is 2.80 bits per heavy atom. The molecule has 2 N–H and O–H groups in total. The zero-order chi connectivity index (χ0) is 10.3. The van der Waals surface area contributed by atoms with E-state index in [1.807, 2.05) is 0 Å². The fourth-order valence-corrected chi connectivity index (χ4v) is 2.34. The number of hydrogen-bond acceptors (Lipinski definition) is 1. The number of hydrogen-bond donors (Lipinski definition) is 1. The van der Waals surface area contributed by atoms with Crippen molar-refractivity contribution < 1.29 is 0 Å². The third kappa shape index (κ3) is 1.45. The molecule has 0 aliphatic heterocycles. The van der Waals surface area contributed by atoms with E-state index >= 15 is 0 Å². The van der Waals surface area contributed by atoms with E-state index in [-0.39, 0.29) is 0 Å². The molecule has 0 amide bonds. The molecule has 1 saturated carbocycles. The molecular weight excluding hydrogens is 184 g/mol. The molecular formula is C13H16N2. The van der Waals surface area contributed by atoms with E-state index < -0.39 is 0 Å². The van der Waals surface area contributed by atoms with Gasteiger partial charge in [-0.05, 0) is 43.3 Å². The van der Waals surface area contributed by atoms with E-state index in [9.17, 15) is 0 Å². The molecule has 0 radical (unpaired) electrons. The summed E-state index contributed by atoms with van der Waals surface area (Å²) in [5.41, 5.74) is 8.44. The third-order valence-electron chi connectivity index (χ3n) is 3.14. The second-order valence-electron chi connectivity index (χ2n) is 4.33. The van der Waals surface area contributed by atoms with Gasteiger partial charge in [0.15, 0.2) is 0 Å². The molecule has 0 spiro atoms.